The average molecular weight is 167 g/mol. The van der Waals surface area contributed by atoms with E-state index in [4.69, 9.17) is 10.8 Å². The predicted molar refractivity (Wildman–Crippen MR) is 44.5 cm³/mol. The molecular weight excluding hydrogens is 154 g/mol. The lowest BCUT2D eigenvalue weighted by atomic mass is 9.87. The molecule has 2 aliphatic carbocycles. The second kappa shape index (κ2) is 2.59. The van der Waals surface area contributed by atoms with Gasteiger partial charge in [0.05, 0.1) is 0 Å². The van der Waals surface area contributed by atoms with Crippen molar-refractivity contribution in [3.05, 3.63) is 12.2 Å². The minimum absolute atomic E-state index is 0.178. The average Bonchev–Trinajstić information content (AvgIpc) is 2.62. The minimum atomic E-state index is -0.860. The third-order valence-electron chi connectivity index (χ3n) is 3.08. The Hall–Kier alpha value is -0.830. The summed E-state index contributed by atoms with van der Waals surface area (Å²) in [5.74, 6) is 0.352. The second-order valence-electron chi connectivity index (χ2n) is 3.81. The van der Waals surface area contributed by atoms with Crippen LogP contribution in [0.4, 0.5) is 0 Å². The highest BCUT2D eigenvalue weighted by Crippen LogP contribution is 2.44. The second-order valence-corrected chi connectivity index (χ2v) is 3.81. The van der Waals surface area contributed by atoms with Gasteiger partial charge in [-0.1, -0.05) is 12.2 Å². The summed E-state index contributed by atoms with van der Waals surface area (Å²) >= 11 is 0. The molecule has 0 amide bonds. The van der Waals surface area contributed by atoms with Crippen LogP contribution in [-0.4, -0.2) is 17.1 Å². The summed E-state index contributed by atoms with van der Waals surface area (Å²) in [5.41, 5.74) is 5.57. The molecule has 2 bridgehead atoms. The van der Waals surface area contributed by atoms with Gasteiger partial charge in [0.1, 0.15) is 6.04 Å². The molecule has 0 aromatic heterocycles. The smallest absolute Gasteiger partial charge is 0.320 e. The van der Waals surface area contributed by atoms with Gasteiger partial charge in [-0.2, -0.15) is 0 Å². The van der Waals surface area contributed by atoms with Gasteiger partial charge >= 0.3 is 5.97 Å². The fourth-order valence-corrected chi connectivity index (χ4v) is 2.42. The first-order chi connectivity index (χ1) is 5.68. The summed E-state index contributed by atoms with van der Waals surface area (Å²) in [6.07, 6.45) is 6.40. The van der Waals surface area contributed by atoms with Gasteiger partial charge in [-0.3, -0.25) is 4.79 Å². The van der Waals surface area contributed by atoms with Crippen molar-refractivity contribution in [1.29, 1.82) is 0 Å². The van der Waals surface area contributed by atoms with Gasteiger partial charge in [0.15, 0.2) is 0 Å². The summed E-state index contributed by atoms with van der Waals surface area (Å²) < 4.78 is 0. The summed E-state index contributed by atoms with van der Waals surface area (Å²) in [4.78, 5) is 10.6. The van der Waals surface area contributed by atoms with Crippen molar-refractivity contribution in [2.45, 2.75) is 18.9 Å². The van der Waals surface area contributed by atoms with Crippen LogP contribution in [0.5, 0.6) is 0 Å². The molecule has 3 nitrogen and oxygen atoms in total. The van der Waals surface area contributed by atoms with Crippen LogP contribution in [0, 0.1) is 17.8 Å². The number of rotatable bonds is 2. The number of hydrogen-bond acceptors (Lipinski definition) is 2. The molecule has 0 aromatic rings. The van der Waals surface area contributed by atoms with E-state index in [0.29, 0.717) is 11.8 Å². The van der Waals surface area contributed by atoms with Crippen LogP contribution in [0.1, 0.15) is 12.8 Å². The van der Waals surface area contributed by atoms with Crippen molar-refractivity contribution in [3.8, 4) is 0 Å². The minimum Gasteiger partial charge on any atom is -0.480 e. The fraction of sp³-hybridized carbons (Fsp3) is 0.667. The highest BCUT2D eigenvalue weighted by Gasteiger charge is 2.40. The van der Waals surface area contributed by atoms with E-state index < -0.39 is 12.0 Å². The van der Waals surface area contributed by atoms with Crippen molar-refractivity contribution in [1.82, 2.24) is 0 Å². The van der Waals surface area contributed by atoms with Gasteiger partial charge in [-0.25, -0.2) is 0 Å². The molecule has 2 rings (SSSR count). The maximum Gasteiger partial charge on any atom is 0.320 e. The van der Waals surface area contributed by atoms with Crippen LogP contribution in [0.15, 0.2) is 12.2 Å². The van der Waals surface area contributed by atoms with E-state index in [1.165, 1.54) is 0 Å². The van der Waals surface area contributed by atoms with Gasteiger partial charge in [0, 0.05) is 0 Å². The lowest BCUT2D eigenvalue weighted by molar-refractivity contribution is -0.140. The zero-order chi connectivity index (χ0) is 8.72. The van der Waals surface area contributed by atoms with Gasteiger partial charge in [0.25, 0.3) is 0 Å². The van der Waals surface area contributed by atoms with Gasteiger partial charge in [-0.05, 0) is 30.6 Å². The number of carboxylic acid groups (broad SMARTS) is 1. The lowest BCUT2D eigenvalue weighted by Crippen LogP contribution is -2.39. The van der Waals surface area contributed by atoms with E-state index in [1.54, 1.807) is 0 Å². The molecule has 0 aromatic carbocycles. The van der Waals surface area contributed by atoms with Crippen molar-refractivity contribution >= 4 is 5.97 Å². The molecule has 1 saturated carbocycles. The van der Waals surface area contributed by atoms with Crippen LogP contribution in [-0.2, 0) is 4.79 Å². The Bertz CT molecular complexity index is 237. The molecule has 66 valence electrons. The van der Waals surface area contributed by atoms with Crippen LogP contribution in [0.25, 0.3) is 0 Å². The SMILES string of the molecule is N[C@@H](C(=O)O)[C@@H]1C[C@H]2C=C[C@H]1C2. The summed E-state index contributed by atoms with van der Waals surface area (Å²) in [6, 6.07) is -0.662. The van der Waals surface area contributed by atoms with E-state index in [2.05, 4.69) is 12.2 Å². The Balaban J connectivity index is 2.07. The summed E-state index contributed by atoms with van der Waals surface area (Å²) in [5, 5.41) is 8.72. The zero-order valence-corrected chi connectivity index (χ0v) is 6.81. The highest BCUT2D eigenvalue weighted by atomic mass is 16.4. The fourth-order valence-electron chi connectivity index (χ4n) is 2.42. The van der Waals surface area contributed by atoms with E-state index >= 15 is 0 Å². The standard InChI is InChI=1S/C9H13NO2/c10-8(9(11)12)7-4-5-1-2-6(7)3-5/h1-2,5-8H,3-4,10H2,(H,11,12)/t5-,6-,7+,8+/m0/s1. The molecule has 0 unspecified atom stereocenters. The van der Waals surface area contributed by atoms with E-state index in [0.717, 1.165) is 12.8 Å². The molecule has 0 aliphatic heterocycles. The Morgan fingerprint density at radius 1 is 1.50 bits per heavy atom. The topological polar surface area (TPSA) is 63.3 Å². The van der Waals surface area contributed by atoms with E-state index in [9.17, 15) is 4.79 Å². The highest BCUT2D eigenvalue weighted by molar-refractivity contribution is 5.73. The van der Waals surface area contributed by atoms with Crippen LogP contribution in [0.3, 0.4) is 0 Å². The van der Waals surface area contributed by atoms with Crippen LogP contribution >= 0.6 is 0 Å². The molecule has 3 heteroatoms. The number of hydrogen-bond donors (Lipinski definition) is 2. The summed E-state index contributed by atoms with van der Waals surface area (Å²) in [6.45, 7) is 0. The Morgan fingerprint density at radius 3 is 2.67 bits per heavy atom. The first-order valence-corrected chi connectivity index (χ1v) is 4.35. The van der Waals surface area contributed by atoms with E-state index in [1.807, 2.05) is 0 Å². The van der Waals surface area contributed by atoms with Gasteiger partial charge in [-0.15, -0.1) is 0 Å². The molecule has 1 fully saturated rings. The number of allylic oxidation sites excluding steroid dienone is 2. The maximum absolute atomic E-state index is 10.6. The number of nitrogens with two attached hydrogens (primary N) is 1. The number of aliphatic carboxylic acids is 1. The molecule has 3 N–H and O–H groups in total. The molecule has 0 spiro atoms. The first-order valence-electron chi connectivity index (χ1n) is 4.35. The van der Waals surface area contributed by atoms with Crippen molar-refractivity contribution < 1.29 is 9.90 Å². The number of carboxylic acids is 1. The number of fused-ring (bicyclic) bond motifs is 2. The van der Waals surface area contributed by atoms with Crippen molar-refractivity contribution in [2.75, 3.05) is 0 Å². The number of carbonyl (C=O) groups is 1. The predicted octanol–water partition coefficient (Wildman–Crippen LogP) is 0.610. The third kappa shape index (κ3) is 1.05. The van der Waals surface area contributed by atoms with Crippen molar-refractivity contribution in [2.24, 2.45) is 23.5 Å². The molecular formula is C9H13NO2. The van der Waals surface area contributed by atoms with Gasteiger partial charge in [0.2, 0.25) is 0 Å². The Morgan fingerprint density at radius 2 is 2.25 bits per heavy atom. The lowest BCUT2D eigenvalue weighted by Gasteiger charge is -2.21. The van der Waals surface area contributed by atoms with Gasteiger partial charge < -0.3 is 10.8 Å². The molecule has 4 atom stereocenters. The van der Waals surface area contributed by atoms with Crippen LogP contribution in [0.2, 0.25) is 0 Å². The summed E-state index contributed by atoms with van der Waals surface area (Å²) in [7, 11) is 0. The Labute approximate surface area is 71.3 Å². The third-order valence-corrected chi connectivity index (χ3v) is 3.08. The molecule has 0 heterocycles. The van der Waals surface area contributed by atoms with Crippen LogP contribution < -0.4 is 5.73 Å². The molecule has 0 radical (unpaired) electrons. The normalized spacial score (nSPS) is 40.2. The zero-order valence-electron chi connectivity index (χ0n) is 6.81. The molecule has 2 aliphatic rings. The van der Waals surface area contributed by atoms with E-state index in [-0.39, 0.29) is 5.92 Å². The monoisotopic (exact) mass is 167 g/mol. The maximum atomic E-state index is 10.6. The largest absolute Gasteiger partial charge is 0.480 e. The molecule has 0 saturated heterocycles. The first kappa shape index (κ1) is 7.80. The quantitative estimate of drug-likeness (QED) is 0.592. The Kier molecular flexibility index (Phi) is 1.68. The van der Waals surface area contributed by atoms with Crippen molar-refractivity contribution in [3.63, 3.8) is 0 Å². The molecule has 12 heavy (non-hydrogen) atoms.